The molecule has 2 nitrogen and oxygen atoms in total. The fourth-order valence-electron chi connectivity index (χ4n) is 1.65. The van der Waals surface area contributed by atoms with Gasteiger partial charge in [-0.1, -0.05) is 18.6 Å². The van der Waals surface area contributed by atoms with Crippen molar-refractivity contribution < 1.29 is 4.79 Å². The summed E-state index contributed by atoms with van der Waals surface area (Å²) in [5.74, 6) is 0.393. The van der Waals surface area contributed by atoms with Crippen molar-refractivity contribution in [1.82, 2.24) is 0 Å². The van der Waals surface area contributed by atoms with Crippen molar-refractivity contribution in [2.75, 3.05) is 5.32 Å². The van der Waals surface area contributed by atoms with Crippen LogP contribution >= 0.6 is 15.9 Å². The molecule has 2 rings (SSSR count). The maximum atomic E-state index is 11.7. The number of amides is 1. The van der Waals surface area contributed by atoms with E-state index in [1.54, 1.807) is 0 Å². The Balaban J connectivity index is 2.09. The van der Waals surface area contributed by atoms with Crippen LogP contribution in [0.15, 0.2) is 22.7 Å². The van der Waals surface area contributed by atoms with Crippen molar-refractivity contribution >= 4 is 27.5 Å². The van der Waals surface area contributed by atoms with E-state index in [0.717, 1.165) is 28.6 Å². The molecule has 0 heterocycles. The minimum absolute atomic E-state index is 0.160. The van der Waals surface area contributed by atoms with Gasteiger partial charge in [0.25, 0.3) is 0 Å². The van der Waals surface area contributed by atoms with E-state index in [1.807, 2.05) is 25.1 Å². The van der Waals surface area contributed by atoms with Crippen molar-refractivity contribution in [1.29, 1.82) is 0 Å². The summed E-state index contributed by atoms with van der Waals surface area (Å²) in [6.45, 7) is 2.02. The number of hydrogen-bond donors (Lipinski definition) is 1. The van der Waals surface area contributed by atoms with E-state index in [4.69, 9.17) is 0 Å². The highest BCUT2D eigenvalue weighted by Crippen LogP contribution is 2.30. The van der Waals surface area contributed by atoms with Crippen LogP contribution in [0.4, 0.5) is 5.69 Å². The first-order valence-electron chi connectivity index (χ1n) is 5.24. The van der Waals surface area contributed by atoms with E-state index in [9.17, 15) is 4.79 Å². The highest BCUT2D eigenvalue weighted by atomic mass is 79.9. The molecule has 1 aromatic carbocycles. The summed E-state index contributed by atoms with van der Waals surface area (Å²) >= 11 is 3.48. The molecule has 0 bridgehead atoms. The topological polar surface area (TPSA) is 29.1 Å². The maximum Gasteiger partial charge on any atom is 0.227 e. The summed E-state index contributed by atoms with van der Waals surface area (Å²) in [6, 6.07) is 5.90. The molecule has 0 unspecified atom stereocenters. The number of nitrogens with one attached hydrogen (secondary N) is 1. The van der Waals surface area contributed by atoms with Gasteiger partial charge < -0.3 is 5.32 Å². The smallest absolute Gasteiger partial charge is 0.227 e. The molecule has 1 saturated carbocycles. The Bertz CT molecular complexity index is 385. The first-order chi connectivity index (χ1) is 7.18. The Kier molecular flexibility index (Phi) is 3.10. The number of benzene rings is 1. The van der Waals surface area contributed by atoms with Crippen LogP contribution in [0.5, 0.6) is 0 Å². The van der Waals surface area contributed by atoms with Crippen molar-refractivity contribution in [2.24, 2.45) is 5.92 Å². The van der Waals surface area contributed by atoms with E-state index in [2.05, 4.69) is 21.2 Å². The average Bonchev–Trinajstić information content (AvgIpc) is 2.10. The fraction of sp³-hybridized carbons (Fsp3) is 0.417. The predicted octanol–water partition coefficient (Wildman–Crippen LogP) is 3.50. The van der Waals surface area contributed by atoms with E-state index in [1.165, 1.54) is 6.42 Å². The van der Waals surface area contributed by atoms with Gasteiger partial charge in [0.15, 0.2) is 0 Å². The van der Waals surface area contributed by atoms with Gasteiger partial charge in [0, 0.05) is 10.4 Å². The summed E-state index contributed by atoms with van der Waals surface area (Å²) in [5.41, 5.74) is 2.02. The van der Waals surface area contributed by atoms with Gasteiger partial charge in [-0.3, -0.25) is 4.79 Å². The Hall–Kier alpha value is -0.830. The van der Waals surface area contributed by atoms with Gasteiger partial charge in [-0.2, -0.15) is 0 Å². The quantitative estimate of drug-likeness (QED) is 0.873. The molecule has 0 saturated heterocycles. The van der Waals surface area contributed by atoms with Crippen LogP contribution in [0.1, 0.15) is 24.8 Å². The van der Waals surface area contributed by atoms with Crippen molar-refractivity contribution in [3.05, 3.63) is 28.2 Å². The van der Waals surface area contributed by atoms with Crippen LogP contribution in [0.3, 0.4) is 0 Å². The second-order valence-corrected chi connectivity index (χ2v) is 4.85. The van der Waals surface area contributed by atoms with Gasteiger partial charge >= 0.3 is 0 Å². The molecule has 1 N–H and O–H groups in total. The minimum Gasteiger partial charge on any atom is -0.325 e. The van der Waals surface area contributed by atoms with Crippen LogP contribution in [0, 0.1) is 12.8 Å². The lowest BCUT2D eigenvalue weighted by Gasteiger charge is -2.24. The fourth-order valence-corrected chi connectivity index (χ4v) is 2.01. The van der Waals surface area contributed by atoms with Crippen LogP contribution in [0.2, 0.25) is 0 Å². The van der Waals surface area contributed by atoms with Crippen LogP contribution in [0.25, 0.3) is 0 Å². The van der Waals surface area contributed by atoms with E-state index < -0.39 is 0 Å². The number of aryl methyl sites for hydroxylation is 1. The Morgan fingerprint density at radius 3 is 2.80 bits per heavy atom. The standard InChI is InChI=1S/C12H14BrNO/c1-8-4-2-7-10(11(8)13)14-12(15)9-5-3-6-9/h2,4,7,9H,3,5-6H2,1H3,(H,14,15). The summed E-state index contributed by atoms with van der Waals surface area (Å²) < 4.78 is 0.984. The predicted molar refractivity (Wildman–Crippen MR) is 64.8 cm³/mol. The summed E-state index contributed by atoms with van der Waals surface area (Å²) in [6.07, 6.45) is 3.26. The Morgan fingerprint density at radius 1 is 1.47 bits per heavy atom. The minimum atomic E-state index is 0.160. The molecule has 3 heteroatoms. The molecule has 80 valence electrons. The molecule has 0 aromatic heterocycles. The number of carbonyl (C=O) groups excluding carboxylic acids is 1. The SMILES string of the molecule is Cc1cccc(NC(=O)C2CCC2)c1Br. The number of anilines is 1. The summed E-state index contributed by atoms with van der Waals surface area (Å²) in [4.78, 5) is 11.7. The summed E-state index contributed by atoms with van der Waals surface area (Å²) in [5, 5.41) is 2.97. The van der Waals surface area contributed by atoms with Crippen LogP contribution < -0.4 is 5.32 Å². The second kappa shape index (κ2) is 4.35. The highest BCUT2D eigenvalue weighted by Gasteiger charge is 2.25. The third kappa shape index (κ3) is 2.23. The van der Waals surface area contributed by atoms with Gasteiger partial charge in [-0.05, 0) is 47.3 Å². The van der Waals surface area contributed by atoms with Gasteiger partial charge in [-0.15, -0.1) is 0 Å². The molecular formula is C12H14BrNO. The van der Waals surface area contributed by atoms with E-state index in [-0.39, 0.29) is 11.8 Å². The van der Waals surface area contributed by atoms with E-state index in [0.29, 0.717) is 0 Å². The summed E-state index contributed by atoms with van der Waals surface area (Å²) in [7, 11) is 0. The molecule has 0 spiro atoms. The molecule has 1 amide bonds. The number of rotatable bonds is 2. The number of carbonyl (C=O) groups is 1. The van der Waals surface area contributed by atoms with Crippen molar-refractivity contribution in [3.8, 4) is 0 Å². The molecule has 0 aliphatic heterocycles. The van der Waals surface area contributed by atoms with E-state index >= 15 is 0 Å². The Labute approximate surface area is 98.2 Å². The highest BCUT2D eigenvalue weighted by molar-refractivity contribution is 9.10. The molecule has 0 atom stereocenters. The third-order valence-corrected chi connectivity index (χ3v) is 3.98. The van der Waals surface area contributed by atoms with Gasteiger partial charge in [0.2, 0.25) is 5.91 Å². The average molecular weight is 268 g/mol. The zero-order valence-corrected chi connectivity index (χ0v) is 10.3. The zero-order chi connectivity index (χ0) is 10.8. The normalized spacial score (nSPS) is 15.9. The van der Waals surface area contributed by atoms with Gasteiger partial charge in [0.1, 0.15) is 0 Å². The number of halogens is 1. The maximum absolute atomic E-state index is 11.7. The first-order valence-corrected chi connectivity index (χ1v) is 6.04. The van der Waals surface area contributed by atoms with Crippen molar-refractivity contribution in [3.63, 3.8) is 0 Å². The van der Waals surface area contributed by atoms with Crippen LogP contribution in [-0.4, -0.2) is 5.91 Å². The largest absolute Gasteiger partial charge is 0.325 e. The van der Waals surface area contributed by atoms with Crippen LogP contribution in [-0.2, 0) is 4.79 Å². The monoisotopic (exact) mass is 267 g/mol. The Morgan fingerprint density at radius 2 is 2.20 bits per heavy atom. The lowest BCUT2D eigenvalue weighted by Crippen LogP contribution is -2.28. The molecule has 1 aromatic rings. The van der Waals surface area contributed by atoms with Gasteiger partial charge in [0.05, 0.1) is 5.69 Å². The molecular weight excluding hydrogens is 254 g/mol. The zero-order valence-electron chi connectivity index (χ0n) is 8.72. The molecule has 0 radical (unpaired) electrons. The molecule has 1 aliphatic carbocycles. The van der Waals surface area contributed by atoms with Crippen molar-refractivity contribution in [2.45, 2.75) is 26.2 Å². The lowest BCUT2D eigenvalue weighted by molar-refractivity contribution is -0.122. The third-order valence-electron chi connectivity index (χ3n) is 2.93. The molecule has 1 fully saturated rings. The van der Waals surface area contributed by atoms with Gasteiger partial charge in [-0.25, -0.2) is 0 Å². The molecule has 15 heavy (non-hydrogen) atoms. The second-order valence-electron chi connectivity index (χ2n) is 4.05. The lowest BCUT2D eigenvalue weighted by atomic mass is 9.85. The first kappa shape index (κ1) is 10.7. The number of hydrogen-bond acceptors (Lipinski definition) is 1. The molecule has 1 aliphatic rings.